The van der Waals surface area contributed by atoms with Crippen LogP contribution in [0.5, 0.6) is 0 Å². The maximum absolute atomic E-state index is 8.66. The predicted molar refractivity (Wildman–Crippen MR) is 141 cm³/mol. The highest BCUT2D eigenvalue weighted by Gasteiger charge is 2.13. The third-order valence-electron chi connectivity index (χ3n) is 6.50. The van der Waals surface area contributed by atoms with Crippen molar-refractivity contribution in [2.75, 3.05) is 6.61 Å². The first kappa shape index (κ1) is 28.0. The van der Waals surface area contributed by atoms with E-state index in [9.17, 15) is 0 Å². The summed E-state index contributed by atoms with van der Waals surface area (Å²) < 4.78 is 4.78. The molecule has 184 valence electrons. The fourth-order valence-corrected chi connectivity index (χ4v) is 4.91. The Hall–Kier alpha value is -1.25. The van der Waals surface area contributed by atoms with Gasteiger partial charge in [0.1, 0.15) is 0 Å². The van der Waals surface area contributed by atoms with Gasteiger partial charge in [0.25, 0.3) is 0 Å². The van der Waals surface area contributed by atoms with Crippen LogP contribution in [0.2, 0.25) is 0 Å². The van der Waals surface area contributed by atoms with Crippen molar-refractivity contribution < 1.29 is 14.3 Å². The van der Waals surface area contributed by atoms with Gasteiger partial charge in [-0.2, -0.15) is 0 Å². The van der Waals surface area contributed by atoms with Crippen molar-refractivity contribution in [3.8, 4) is 0 Å². The van der Waals surface area contributed by atoms with Crippen LogP contribution < -0.4 is 0 Å². The summed E-state index contributed by atoms with van der Waals surface area (Å²) in [6.07, 6.45) is 19.4. The lowest BCUT2D eigenvalue weighted by Gasteiger charge is -2.18. The summed E-state index contributed by atoms with van der Waals surface area (Å²) in [6.45, 7) is 0.472. The standard InChI is InChI=1S/C29H45O3P/c30-33(31)32-26-20-12-10-8-6-4-2-1-3-5-7-9-11-19-25-29(27-21-15-13-16-22-27)28-23-17-14-18-24-28/h13-18,21-24,29-31H,1-12,19-20,25-26H2. The Morgan fingerprint density at radius 2 is 0.879 bits per heavy atom. The van der Waals surface area contributed by atoms with Crippen molar-refractivity contribution in [1.82, 2.24) is 0 Å². The number of rotatable bonds is 20. The van der Waals surface area contributed by atoms with Crippen LogP contribution in [0.15, 0.2) is 60.7 Å². The molecule has 33 heavy (non-hydrogen) atoms. The lowest BCUT2D eigenvalue weighted by molar-refractivity contribution is 0.248. The van der Waals surface area contributed by atoms with Crippen LogP contribution in [0.25, 0.3) is 0 Å². The molecule has 3 nitrogen and oxygen atoms in total. The molecule has 0 fully saturated rings. The lowest BCUT2D eigenvalue weighted by atomic mass is 9.87. The number of hydrogen-bond acceptors (Lipinski definition) is 3. The molecule has 0 bridgehead atoms. The highest BCUT2D eigenvalue weighted by atomic mass is 31.2. The lowest BCUT2D eigenvalue weighted by Crippen LogP contribution is -2.01. The summed E-state index contributed by atoms with van der Waals surface area (Å²) in [6, 6.07) is 22.0. The predicted octanol–water partition coefficient (Wildman–Crippen LogP) is 8.90. The number of hydrogen-bond donors (Lipinski definition) is 2. The van der Waals surface area contributed by atoms with Crippen LogP contribution in [0.4, 0.5) is 0 Å². The number of unbranched alkanes of at least 4 members (excludes halogenated alkanes) is 13. The summed E-state index contributed by atoms with van der Waals surface area (Å²) in [5.74, 6) is 0.523. The minimum absolute atomic E-state index is 0.472. The van der Waals surface area contributed by atoms with E-state index in [1.807, 2.05) is 0 Å². The van der Waals surface area contributed by atoms with Crippen LogP contribution in [-0.2, 0) is 4.52 Å². The quantitative estimate of drug-likeness (QED) is 0.149. The van der Waals surface area contributed by atoms with Gasteiger partial charge in [0.15, 0.2) is 0 Å². The molecule has 2 N–H and O–H groups in total. The molecule has 0 unspecified atom stereocenters. The zero-order chi connectivity index (χ0) is 23.4. The number of benzene rings is 2. The van der Waals surface area contributed by atoms with Gasteiger partial charge in [0.2, 0.25) is 0 Å². The maximum Gasteiger partial charge on any atom is 0.327 e. The van der Waals surface area contributed by atoms with Crippen LogP contribution in [0.1, 0.15) is 113 Å². The Morgan fingerprint density at radius 1 is 0.515 bits per heavy atom. The SMILES string of the molecule is OP(O)OCCCCCCCCCCCCCCCCC(c1ccccc1)c1ccccc1. The molecule has 2 aromatic rings. The first-order chi connectivity index (χ1) is 16.3. The van der Waals surface area contributed by atoms with Crippen molar-refractivity contribution in [3.05, 3.63) is 71.8 Å². The van der Waals surface area contributed by atoms with E-state index >= 15 is 0 Å². The highest BCUT2D eigenvalue weighted by molar-refractivity contribution is 7.39. The van der Waals surface area contributed by atoms with Gasteiger partial charge in [0.05, 0.1) is 6.61 Å². The van der Waals surface area contributed by atoms with Gasteiger partial charge in [-0.15, -0.1) is 0 Å². The molecular formula is C29H45O3P. The minimum Gasteiger partial charge on any atom is -0.328 e. The second-order valence-corrected chi connectivity index (χ2v) is 9.96. The largest absolute Gasteiger partial charge is 0.328 e. The van der Waals surface area contributed by atoms with Crippen LogP contribution in [-0.4, -0.2) is 16.4 Å². The molecule has 4 heteroatoms. The summed E-state index contributed by atoms with van der Waals surface area (Å²) in [5, 5.41) is 0. The third-order valence-corrected chi connectivity index (χ3v) is 6.91. The highest BCUT2D eigenvalue weighted by Crippen LogP contribution is 2.30. The Balaban J connectivity index is 1.42. The fraction of sp³-hybridized carbons (Fsp3) is 0.586. The monoisotopic (exact) mass is 472 g/mol. The zero-order valence-corrected chi connectivity index (χ0v) is 21.3. The normalized spacial score (nSPS) is 11.5. The van der Waals surface area contributed by atoms with Crippen LogP contribution in [0, 0.1) is 0 Å². The Kier molecular flexibility index (Phi) is 16.2. The van der Waals surface area contributed by atoms with E-state index in [1.165, 1.54) is 94.6 Å². The summed E-state index contributed by atoms with van der Waals surface area (Å²) in [7, 11) is -2.16. The molecule has 0 spiro atoms. The Morgan fingerprint density at radius 3 is 1.27 bits per heavy atom. The van der Waals surface area contributed by atoms with Gasteiger partial charge in [0, 0.05) is 5.92 Å². The molecule has 0 saturated heterocycles. The Labute approximate surface area is 203 Å². The van der Waals surface area contributed by atoms with E-state index < -0.39 is 8.60 Å². The van der Waals surface area contributed by atoms with Crippen molar-refractivity contribution in [1.29, 1.82) is 0 Å². The van der Waals surface area contributed by atoms with Crippen molar-refractivity contribution in [2.45, 2.75) is 102 Å². The summed E-state index contributed by atoms with van der Waals surface area (Å²) in [5.41, 5.74) is 2.89. The zero-order valence-electron chi connectivity index (χ0n) is 20.4. The van der Waals surface area contributed by atoms with E-state index in [4.69, 9.17) is 14.3 Å². The van der Waals surface area contributed by atoms with Crippen molar-refractivity contribution in [3.63, 3.8) is 0 Å². The molecule has 0 aliphatic carbocycles. The van der Waals surface area contributed by atoms with Crippen LogP contribution >= 0.6 is 8.60 Å². The molecular weight excluding hydrogens is 427 g/mol. The van der Waals surface area contributed by atoms with Gasteiger partial charge < -0.3 is 14.3 Å². The van der Waals surface area contributed by atoms with Gasteiger partial charge in [-0.3, -0.25) is 0 Å². The molecule has 0 aliphatic heterocycles. The van der Waals surface area contributed by atoms with E-state index in [0.29, 0.717) is 12.5 Å². The van der Waals surface area contributed by atoms with E-state index in [-0.39, 0.29) is 0 Å². The molecule has 0 amide bonds. The topological polar surface area (TPSA) is 49.7 Å². The molecule has 2 aromatic carbocycles. The van der Waals surface area contributed by atoms with Crippen LogP contribution in [0.3, 0.4) is 0 Å². The average Bonchev–Trinajstić information content (AvgIpc) is 2.84. The fourth-order valence-electron chi connectivity index (χ4n) is 4.61. The summed E-state index contributed by atoms with van der Waals surface area (Å²) >= 11 is 0. The first-order valence-corrected chi connectivity index (χ1v) is 14.3. The third kappa shape index (κ3) is 13.9. The molecule has 0 aromatic heterocycles. The van der Waals surface area contributed by atoms with Crippen molar-refractivity contribution in [2.24, 2.45) is 0 Å². The van der Waals surface area contributed by atoms with Gasteiger partial charge >= 0.3 is 8.60 Å². The van der Waals surface area contributed by atoms with Gasteiger partial charge in [-0.05, 0) is 24.0 Å². The Bertz CT molecular complexity index is 638. The molecule has 0 heterocycles. The maximum atomic E-state index is 8.66. The smallest absolute Gasteiger partial charge is 0.327 e. The van der Waals surface area contributed by atoms with Crippen molar-refractivity contribution >= 4 is 8.60 Å². The first-order valence-electron chi connectivity index (χ1n) is 13.2. The summed E-state index contributed by atoms with van der Waals surface area (Å²) in [4.78, 5) is 17.3. The molecule has 2 rings (SSSR count). The van der Waals surface area contributed by atoms with E-state index in [1.54, 1.807) is 0 Å². The molecule has 0 aliphatic rings. The van der Waals surface area contributed by atoms with E-state index in [2.05, 4.69) is 60.7 Å². The second-order valence-electron chi connectivity index (χ2n) is 9.20. The average molecular weight is 473 g/mol. The van der Waals surface area contributed by atoms with Gasteiger partial charge in [-0.1, -0.05) is 144 Å². The van der Waals surface area contributed by atoms with Gasteiger partial charge in [-0.25, -0.2) is 0 Å². The van der Waals surface area contributed by atoms with E-state index in [0.717, 1.165) is 12.8 Å². The molecule has 0 radical (unpaired) electrons. The minimum atomic E-state index is -2.16. The second kappa shape index (κ2) is 19.1. The molecule has 0 atom stereocenters. The molecule has 0 saturated carbocycles.